The lowest BCUT2D eigenvalue weighted by molar-refractivity contribution is 0.673. The van der Waals surface area contributed by atoms with E-state index in [1.165, 1.54) is 107 Å². The minimum Gasteiger partial charge on any atom is -0.455 e. The van der Waals surface area contributed by atoms with Crippen LogP contribution in [0.15, 0.2) is 199 Å². The SMILES string of the molecule is c1ccc2c(-c3c4ccccc4c(-c4ccc(-c5ccc6oc7c(ccc8ccc9c%10ccccc%10sc9c87)c6c5)c5ccccc45)c4ccccc34)cccc2c1. The zero-order chi connectivity index (χ0) is 37.9. The minimum atomic E-state index is 0.912. The van der Waals surface area contributed by atoms with Crippen molar-refractivity contribution in [3.63, 3.8) is 0 Å². The molecule has 2 aromatic heterocycles. The van der Waals surface area contributed by atoms with Crippen LogP contribution in [-0.4, -0.2) is 0 Å². The maximum Gasteiger partial charge on any atom is 0.144 e. The fraction of sp³-hybridized carbons (Fsp3) is 0. The Labute approximate surface area is 337 Å². The monoisotopic (exact) mass is 752 g/mol. The van der Waals surface area contributed by atoms with Crippen LogP contribution in [0, 0.1) is 0 Å². The quantitative estimate of drug-likeness (QED) is 0.164. The number of hydrogen-bond donors (Lipinski definition) is 0. The topological polar surface area (TPSA) is 13.1 Å². The Balaban J connectivity index is 1.03. The molecule has 11 aromatic carbocycles. The van der Waals surface area contributed by atoms with Gasteiger partial charge in [0.1, 0.15) is 11.2 Å². The second-order valence-corrected chi connectivity index (χ2v) is 16.5. The first-order valence-corrected chi connectivity index (χ1v) is 20.7. The standard InChI is InChI=1S/C56H32OS/c1-2-14-36-33(12-1)13-11-22-41(36)53-42-18-5-7-20-44(42)54(45-21-8-6-19-43(45)53)46-30-29-37(38-15-3-4-16-39(38)46)35-26-31-50-49(32-35)47-27-24-34-25-28-48-40-17-9-10-23-51(40)58-56(48)52(34)55(47)57-50/h1-32H. The summed E-state index contributed by atoms with van der Waals surface area (Å²) in [5.74, 6) is 0. The Morgan fingerprint density at radius 3 is 1.60 bits per heavy atom. The summed E-state index contributed by atoms with van der Waals surface area (Å²) in [7, 11) is 0. The van der Waals surface area contributed by atoms with Crippen molar-refractivity contribution in [1.82, 2.24) is 0 Å². The van der Waals surface area contributed by atoms with E-state index in [1.807, 2.05) is 11.3 Å². The van der Waals surface area contributed by atoms with Crippen molar-refractivity contribution in [1.29, 1.82) is 0 Å². The highest BCUT2D eigenvalue weighted by molar-refractivity contribution is 7.26. The zero-order valence-electron chi connectivity index (χ0n) is 31.3. The molecule has 13 rings (SSSR count). The molecule has 0 amide bonds. The van der Waals surface area contributed by atoms with E-state index in [1.54, 1.807) is 0 Å². The first-order valence-electron chi connectivity index (χ1n) is 19.9. The molecular weight excluding hydrogens is 721 g/mol. The Bertz CT molecular complexity index is 3800. The third-order valence-corrected chi connectivity index (χ3v) is 13.7. The van der Waals surface area contributed by atoms with Crippen molar-refractivity contribution >= 4 is 107 Å². The summed E-state index contributed by atoms with van der Waals surface area (Å²) in [4.78, 5) is 0. The summed E-state index contributed by atoms with van der Waals surface area (Å²) in [6, 6.07) is 71.4. The van der Waals surface area contributed by atoms with Crippen LogP contribution in [0.3, 0.4) is 0 Å². The molecule has 0 saturated carbocycles. The fourth-order valence-electron chi connectivity index (χ4n) is 9.91. The van der Waals surface area contributed by atoms with Gasteiger partial charge >= 0.3 is 0 Å². The summed E-state index contributed by atoms with van der Waals surface area (Å²) in [6.45, 7) is 0. The molecule has 0 saturated heterocycles. The van der Waals surface area contributed by atoms with E-state index in [2.05, 4.69) is 194 Å². The molecule has 0 N–H and O–H groups in total. The molecule has 268 valence electrons. The molecule has 0 spiro atoms. The maximum absolute atomic E-state index is 6.78. The molecule has 0 bridgehead atoms. The minimum absolute atomic E-state index is 0.912. The number of fused-ring (bicyclic) bond motifs is 13. The zero-order valence-corrected chi connectivity index (χ0v) is 32.1. The van der Waals surface area contributed by atoms with Crippen LogP contribution in [0.5, 0.6) is 0 Å². The lowest BCUT2D eigenvalue weighted by atomic mass is 9.83. The highest BCUT2D eigenvalue weighted by Crippen LogP contribution is 2.48. The normalized spacial score (nSPS) is 12.1. The van der Waals surface area contributed by atoms with Crippen LogP contribution in [-0.2, 0) is 0 Å². The van der Waals surface area contributed by atoms with E-state index in [-0.39, 0.29) is 0 Å². The van der Waals surface area contributed by atoms with Gasteiger partial charge in [0.05, 0.1) is 0 Å². The van der Waals surface area contributed by atoms with Crippen molar-refractivity contribution in [3.05, 3.63) is 194 Å². The van der Waals surface area contributed by atoms with E-state index >= 15 is 0 Å². The van der Waals surface area contributed by atoms with Gasteiger partial charge in [0.25, 0.3) is 0 Å². The number of furan rings is 1. The van der Waals surface area contributed by atoms with Gasteiger partial charge in [-0.05, 0) is 106 Å². The van der Waals surface area contributed by atoms with Crippen LogP contribution in [0.1, 0.15) is 0 Å². The molecule has 58 heavy (non-hydrogen) atoms. The summed E-state index contributed by atoms with van der Waals surface area (Å²) < 4.78 is 9.37. The molecule has 0 aliphatic heterocycles. The molecule has 0 fully saturated rings. The number of benzene rings is 11. The largest absolute Gasteiger partial charge is 0.455 e. The van der Waals surface area contributed by atoms with Crippen LogP contribution in [0.2, 0.25) is 0 Å². The molecular formula is C56H32OS. The van der Waals surface area contributed by atoms with Crippen molar-refractivity contribution in [2.45, 2.75) is 0 Å². The first kappa shape index (κ1) is 31.9. The van der Waals surface area contributed by atoms with Crippen LogP contribution in [0.4, 0.5) is 0 Å². The van der Waals surface area contributed by atoms with Crippen LogP contribution >= 0.6 is 11.3 Å². The van der Waals surface area contributed by atoms with Gasteiger partial charge in [0.15, 0.2) is 0 Å². The van der Waals surface area contributed by atoms with Gasteiger partial charge in [0, 0.05) is 36.3 Å². The van der Waals surface area contributed by atoms with E-state index in [0.717, 1.165) is 21.9 Å². The third kappa shape index (κ3) is 4.46. The highest BCUT2D eigenvalue weighted by Gasteiger charge is 2.21. The van der Waals surface area contributed by atoms with Crippen molar-refractivity contribution in [3.8, 4) is 33.4 Å². The summed E-state index contributed by atoms with van der Waals surface area (Å²) >= 11 is 1.86. The molecule has 1 nitrogen and oxygen atoms in total. The van der Waals surface area contributed by atoms with E-state index in [9.17, 15) is 0 Å². The van der Waals surface area contributed by atoms with Crippen LogP contribution in [0.25, 0.3) is 129 Å². The Morgan fingerprint density at radius 2 is 0.879 bits per heavy atom. The average Bonchev–Trinajstić information content (AvgIpc) is 3.86. The van der Waals surface area contributed by atoms with Gasteiger partial charge in [-0.1, -0.05) is 170 Å². The van der Waals surface area contributed by atoms with Crippen molar-refractivity contribution in [2.75, 3.05) is 0 Å². The number of rotatable bonds is 3. The predicted molar refractivity (Wildman–Crippen MR) is 250 cm³/mol. The molecule has 0 unspecified atom stereocenters. The van der Waals surface area contributed by atoms with Gasteiger partial charge < -0.3 is 4.42 Å². The van der Waals surface area contributed by atoms with E-state index in [4.69, 9.17) is 4.42 Å². The molecule has 0 atom stereocenters. The second kappa shape index (κ2) is 12.1. The predicted octanol–water partition coefficient (Wildman–Crippen LogP) is 16.7. The second-order valence-electron chi connectivity index (χ2n) is 15.5. The van der Waals surface area contributed by atoms with Gasteiger partial charge in [-0.25, -0.2) is 0 Å². The Hall–Kier alpha value is -7.26. The molecule has 0 aliphatic carbocycles. The molecule has 2 heterocycles. The van der Waals surface area contributed by atoms with Gasteiger partial charge in [-0.3, -0.25) is 0 Å². The molecule has 13 aromatic rings. The smallest absolute Gasteiger partial charge is 0.144 e. The lowest BCUT2D eigenvalue weighted by Crippen LogP contribution is -1.93. The number of hydrogen-bond acceptors (Lipinski definition) is 2. The molecule has 2 heteroatoms. The van der Waals surface area contributed by atoms with Crippen molar-refractivity contribution in [2.24, 2.45) is 0 Å². The highest BCUT2D eigenvalue weighted by atomic mass is 32.1. The Kier molecular flexibility index (Phi) is 6.66. The summed E-state index contributed by atoms with van der Waals surface area (Å²) in [6.07, 6.45) is 0. The lowest BCUT2D eigenvalue weighted by Gasteiger charge is -2.20. The Morgan fingerprint density at radius 1 is 0.328 bits per heavy atom. The van der Waals surface area contributed by atoms with E-state index < -0.39 is 0 Å². The van der Waals surface area contributed by atoms with Gasteiger partial charge in [0.2, 0.25) is 0 Å². The third-order valence-electron chi connectivity index (χ3n) is 12.5. The summed E-state index contributed by atoms with van der Waals surface area (Å²) in [5.41, 5.74) is 9.33. The first-order chi connectivity index (χ1) is 28.8. The van der Waals surface area contributed by atoms with Gasteiger partial charge in [-0.15, -0.1) is 11.3 Å². The summed E-state index contributed by atoms with van der Waals surface area (Å²) in [5, 5.41) is 17.3. The maximum atomic E-state index is 6.78. The number of thiophene rings is 1. The van der Waals surface area contributed by atoms with Crippen molar-refractivity contribution < 1.29 is 4.42 Å². The fourth-order valence-corrected chi connectivity index (χ4v) is 11.2. The molecule has 0 aliphatic rings. The molecule has 0 radical (unpaired) electrons. The van der Waals surface area contributed by atoms with Crippen LogP contribution < -0.4 is 0 Å². The van der Waals surface area contributed by atoms with Gasteiger partial charge in [-0.2, -0.15) is 0 Å². The van der Waals surface area contributed by atoms with E-state index in [0.29, 0.717) is 0 Å². The average molecular weight is 753 g/mol.